The fourth-order valence-corrected chi connectivity index (χ4v) is 1.94. The molecule has 0 atom stereocenters. The Morgan fingerprint density at radius 2 is 2.09 bits per heavy atom. The molecule has 2 aromatic rings. The highest BCUT2D eigenvalue weighted by molar-refractivity contribution is 5.94. The summed E-state index contributed by atoms with van der Waals surface area (Å²) < 4.78 is 10.2. The number of amides is 1. The van der Waals surface area contributed by atoms with Crippen LogP contribution in [0.2, 0.25) is 0 Å². The number of esters is 1. The summed E-state index contributed by atoms with van der Waals surface area (Å²) in [6, 6.07) is 11.1. The van der Waals surface area contributed by atoms with Crippen LogP contribution in [0.25, 0.3) is 6.08 Å². The van der Waals surface area contributed by atoms with Gasteiger partial charge in [-0.1, -0.05) is 19.1 Å². The average molecular weight is 313 g/mol. The van der Waals surface area contributed by atoms with E-state index in [0.717, 1.165) is 17.7 Å². The van der Waals surface area contributed by atoms with Gasteiger partial charge in [-0.3, -0.25) is 4.79 Å². The van der Waals surface area contributed by atoms with Crippen LogP contribution in [0.15, 0.2) is 46.9 Å². The lowest BCUT2D eigenvalue weighted by Gasteiger charge is -2.06. The largest absolute Gasteiger partial charge is 0.462 e. The third kappa shape index (κ3) is 5.47. The second-order valence-corrected chi connectivity index (χ2v) is 4.99. The first kappa shape index (κ1) is 16.5. The maximum Gasteiger partial charge on any atom is 0.331 e. The van der Waals surface area contributed by atoms with Crippen LogP contribution >= 0.6 is 0 Å². The molecule has 1 N–H and O–H groups in total. The maximum absolute atomic E-state index is 11.8. The van der Waals surface area contributed by atoms with Crippen molar-refractivity contribution in [1.29, 1.82) is 0 Å². The van der Waals surface area contributed by atoms with E-state index in [1.807, 2.05) is 32.0 Å². The van der Waals surface area contributed by atoms with Gasteiger partial charge in [-0.15, -0.1) is 0 Å². The molecule has 0 aliphatic rings. The van der Waals surface area contributed by atoms with Crippen LogP contribution in [0.1, 0.15) is 24.0 Å². The van der Waals surface area contributed by atoms with Crippen molar-refractivity contribution in [2.24, 2.45) is 0 Å². The standard InChI is InChI=1S/C18H19NO4/c1-3-14-5-4-6-15(11-14)19-17(20)12-22-18(21)10-9-16-8-7-13(2)23-16/h4-11H,3,12H2,1-2H3,(H,19,20). The van der Waals surface area contributed by atoms with Gasteiger partial charge in [-0.2, -0.15) is 0 Å². The molecular weight excluding hydrogens is 294 g/mol. The summed E-state index contributed by atoms with van der Waals surface area (Å²) in [7, 11) is 0. The molecular formula is C18H19NO4. The molecule has 0 aliphatic carbocycles. The highest BCUT2D eigenvalue weighted by Crippen LogP contribution is 2.11. The van der Waals surface area contributed by atoms with Crippen LogP contribution in [0, 0.1) is 6.92 Å². The van der Waals surface area contributed by atoms with Crippen molar-refractivity contribution in [2.75, 3.05) is 11.9 Å². The fraction of sp³-hybridized carbons (Fsp3) is 0.222. The zero-order valence-corrected chi connectivity index (χ0v) is 13.2. The topological polar surface area (TPSA) is 68.5 Å². The van der Waals surface area contributed by atoms with E-state index in [0.29, 0.717) is 11.4 Å². The highest BCUT2D eigenvalue weighted by Gasteiger charge is 2.06. The number of benzene rings is 1. The van der Waals surface area contributed by atoms with Gasteiger partial charge < -0.3 is 14.5 Å². The molecule has 1 heterocycles. The molecule has 120 valence electrons. The predicted octanol–water partition coefficient (Wildman–Crippen LogP) is 3.35. The van der Waals surface area contributed by atoms with E-state index >= 15 is 0 Å². The van der Waals surface area contributed by atoms with E-state index in [-0.39, 0.29) is 12.5 Å². The third-order valence-electron chi connectivity index (χ3n) is 3.11. The van der Waals surface area contributed by atoms with Crippen molar-refractivity contribution < 1.29 is 18.7 Å². The lowest BCUT2D eigenvalue weighted by Crippen LogP contribution is -2.20. The van der Waals surface area contributed by atoms with Gasteiger partial charge in [-0.05, 0) is 49.2 Å². The van der Waals surface area contributed by atoms with Gasteiger partial charge in [0.1, 0.15) is 11.5 Å². The first-order chi connectivity index (χ1) is 11.1. The second kappa shape index (κ2) is 7.98. The molecule has 1 amide bonds. The number of furan rings is 1. The number of rotatable bonds is 6. The molecule has 1 aromatic carbocycles. The molecule has 2 rings (SSSR count). The van der Waals surface area contributed by atoms with E-state index in [4.69, 9.17) is 9.15 Å². The van der Waals surface area contributed by atoms with Crippen LogP contribution in [0.4, 0.5) is 5.69 Å². The van der Waals surface area contributed by atoms with E-state index in [9.17, 15) is 9.59 Å². The zero-order valence-electron chi connectivity index (χ0n) is 13.2. The third-order valence-corrected chi connectivity index (χ3v) is 3.11. The first-order valence-electron chi connectivity index (χ1n) is 7.37. The smallest absolute Gasteiger partial charge is 0.331 e. The van der Waals surface area contributed by atoms with Gasteiger partial charge in [0.05, 0.1) is 0 Å². The van der Waals surface area contributed by atoms with Crippen LogP contribution in [-0.2, 0) is 20.7 Å². The monoisotopic (exact) mass is 313 g/mol. The Balaban J connectivity index is 1.79. The molecule has 0 saturated carbocycles. The van der Waals surface area contributed by atoms with Crippen molar-refractivity contribution in [3.63, 3.8) is 0 Å². The summed E-state index contributed by atoms with van der Waals surface area (Å²) in [5.74, 6) is 0.331. The minimum Gasteiger partial charge on any atom is -0.462 e. The summed E-state index contributed by atoms with van der Waals surface area (Å²) in [6.07, 6.45) is 3.61. The number of hydrogen-bond donors (Lipinski definition) is 1. The Morgan fingerprint density at radius 1 is 1.26 bits per heavy atom. The number of carbonyl (C=O) groups is 2. The molecule has 0 spiro atoms. The molecule has 0 fully saturated rings. The van der Waals surface area contributed by atoms with Crippen molar-refractivity contribution >= 4 is 23.6 Å². The maximum atomic E-state index is 11.8. The average Bonchev–Trinajstić information content (AvgIpc) is 2.96. The number of ether oxygens (including phenoxy) is 1. The van der Waals surface area contributed by atoms with Crippen molar-refractivity contribution in [3.05, 3.63) is 59.6 Å². The Hall–Kier alpha value is -2.82. The predicted molar refractivity (Wildman–Crippen MR) is 87.9 cm³/mol. The van der Waals surface area contributed by atoms with E-state index < -0.39 is 5.97 Å². The number of carbonyl (C=O) groups excluding carboxylic acids is 2. The normalized spacial score (nSPS) is 10.7. The fourth-order valence-electron chi connectivity index (χ4n) is 1.94. The van der Waals surface area contributed by atoms with Gasteiger partial charge in [-0.25, -0.2) is 4.79 Å². The molecule has 0 aliphatic heterocycles. The van der Waals surface area contributed by atoms with Gasteiger partial charge in [0.15, 0.2) is 6.61 Å². The Kier molecular flexibility index (Phi) is 5.74. The lowest BCUT2D eigenvalue weighted by atomic mass is 10.1. The molecule has 0 saturated heterocycles. The molecule has 0 radical (unpaired) electrons. The van der Waals surface area contributed by atoms with Crippen LogP contribution in [0.3, 0.4) is 0 Å². The Labute approximate surface area is 134 Å². The molecule has 23 heavy (non-hydrogen) atoms. The molecule has 1 aromatic heterocycles. The molecule has 0 bridgehead atoms. The number of nitrogens with one attached hydrogen (secondary N) is 1. The molecule has 5 nitrogen and oxygen atoms in total. The van der Waals surface area contributed by atoms with Gasteiger partial charge in [0.25, 0.3) is 5.91 Å². The number of hydrogen-bond acceptors (Lipinski definition) is 4. The van der Waals surface area contributed by atoms with Crippen molar-refractivity contribution in [1.82, 2.24) is 0 Å². The molecule has 5 heteroatoms. The summed E-state index contributed by atoms with van der Waals surface area (Å²) in [4.78, 5) is 23.3. The molecule has 0 unspecified atom stereocenters. The Morgan fingerprint density at radius 3 is 2.78 bits per heavy atom. The first-order valence-corrected chi connectivity index (χ1v) is 7.37. The van der Waals surface area contributed by atoms with E-state index in [1.165, 1.54) is 12.2 Å². The summed E-state index contributed by atoms with van der Waals surface area (Å²) in [5, 5.41) is 2.69. The van der Waals surface area contributed by atoms with Gasteiger partial charge >= 0.3 is 5.97 Å². The second-order valence-electron chi connectivity index (χ2n) is 4.99. The lowest BCUT2D eigenvalue weighted by molar-refractivity contribution is -0.142. The zero-order chi connectivity index (χ0) is 16.7. The summed E-state index contributed by atoms with van der Waals surface area (Å²) >= 11 is 0. The SMILES string of the molecule is CCc1cccc(NC(=O)COC(=O)C=Cc2ccc(C)o2)c1. The van der Waals surface area contributed by atoms with Crippen LogP contribution < -0.4 is 5.32 Å². The number of anilines is 1. The highest BCUT2D eigenvalue weighted by atomic mass is 16.5. The quantitative estimate of drug-likeness (QED) is 0.656. The summed E-state index contributed by atoms with van der Waals surface area (Å²) in [5.41, 5.74) is 1.81. The van der Waals surface area contributed by atoms with Crippen molar-refractivity contribution in [2.45, 2.75) is 20.3 Å². The van der Waals surface area contributed by atoms with Crippen molar-refractivity contribution in [3.8, 4) is 0 Å². The number of aryl methyl sites for hydroxylation is 2. The summed E-state index contributed by atoms with van der Waals surface area (Å²) in [6.45, 7) is 3.51. The Bertz CT molecular complexity index is 715. The van der Waals surface area contributed by atoms with E-state index in [1.54, 1.807) is 18.2 Å². The van der Waals surface area contributed by atoms with Crippen LogP contribution in [-0.4, -0.2) is 18.5 Å². The van der Waals surface area contributed by atoms with Gasteiger partial charge in [0, 0.05) is 11.8 Å². The van der Waals surface area contributed by atoms with E-state index in [2.05, 4.69) is 5.32 Å². The minimum atomic E-state index is -0.600. The minimum absolute atomic E-state index is 0.337. The van der Waals surface area contributed by atoms with Gasteiger partial charge in [0.2, 0.25) is 0 Å². The van der Waals surface area contributed by atoms with Crippen LogP contribution in [0.5, 0.6) is 0 Å².